The maximum atomic E-state index is 12.5. The van der Waals surface area contributed by atoms with Crippen LogP contribution in [0.2, 0.25) is 0 Å². The molecule has 21 heavy (non-hydrogen) atoms. The lowest BCUT2D eigenvalue weighted by Crippen LogP contribution is -2.45. The van der Waals surface area contributed by atoms with Crippen molar-refractivity contribution in [1.82, 2.24) is 4.31 Å². The monoisotopic (exact) mass is 313 g/mol. The first kappa shape index (κ1) is 15.8. The highest BCUT2D eigenvalue weighted by Gasteiger charge is 2.40. The normalized spacial score (nSPS) is 19.1. The van der Waals surface area contributed by atoms with E-state index in [4.69, 9.17) is 4.74 Å². The molecule has 7 heteroatoms. The Labute approximate surface area is 124 Å². The molecule has 0 saturated carbocycles. The summed E-state index contributed by atoms with van der Waals surface area (Å²) in [4.78, 5) is 11.4. The van der Waals surface area contributed by atoms with Gasteiger partial charge in [0.25, 0.3) is 0 Å². The molecule has 0 radical (unpaired) electrons. The Bertz CT molecular complexity index is 615. The predicted octanol–water partition coefficient (Wildman–Crippen LogP) is 1.57. The zero-order chi connectivity index (χ0) is 15.7. The average Bonchev–Trinajstić information content (AvgIpc) is 2.47. The molecule has 0 amide bonds. The first-order valence-electron chi connectivity index (χ1n) is 6.67. The quantitative estimate of drug-likeness (QED) is 0.912. The largest absolute Gasteiger partial charge is 0.497 e. The van der Waals surface area contributed by atoms with E-state index in [1.165, 1.54) is 23.5 Å². The van der Waals surface area contributed by atoms with Crippen LogP contribution in [0, 0.1) is 5.41 Å². The van der Waals surface area contributed by atoms with Crippen molar-refractivity contribution in [2.75, 3.05) is 20.2 Å². The lowest BCUT2D eigenvalue weighted by molar-refractivity contribution is -0.150. The molecule has 1 saturated heterocycles. The first-order chi connectivity index (χ1) is 9.79. The van der Waals surface area contributed by atoms with Gasteiger partial charge >= 0.3 is 5.97 Å². The minimum atomic E-state index is -3.58. The summed E-state index contributed by atoms with van der Waals surface area (Å²) in [6.45, 7) is 2.10. The second-order valence-electron chi connectivity index (χ2n) is 5.45. The third kappa shape index (κ3) is 3.03. The molecule has 1 aliphatic heterocycles. The van der Waals surface area contributed by atoms with Crippen molar-refractivity contribution in [3.05, 3.63) is 24.3 Å². The van der Waals surface area contributed by atoms with E-state index in [-0.39, 0.29) is 18.0 Å². The Hall–Kier alpha value is -1.60. The molecule has 1 N–H and O–H groups in total. The molecule has 0 spiro atoms. The van der Waals surface area contributed by atoms with Gasteiger partial charge < -0.3 is 9.84 Å². The van der Waals surface area contributed by atoms with E-state index in [2.05, 4.69) is 0 Å². The molecule has 1 aromatic carbocycles. The number of carboxylic acids is 1. The molecule has 1 aromatic rings. The van der Waals surface area contributed by atoms with E-state index in [1.54, 1.807) is 19.1 Å². The van der Waals surface area contributed by atoms with Crippen molar-refractivity contribution in [2.24, 2.45) is 5.41 Å². The Morgan fingerprint density at radius 3 is 2.19 bits per heavy atom. The Morgan fingerprint density at radius 1 is 1.24 bits per heavy atom. The van der Waals surface area contributed by atoms with Gasteiger partial charge in [0.2, 0.25) is 10.0 Å². The maximum absolute atomic E-state index is 12.5. The highest BCUT2D eigenvalue weighted by molar-refractivity contribution is 7.89. The van der Waals surface area contributed by atoms with E-state index >= 15 is 0 Å². The number of hydrogen-bond acceptors (Lipinski definition) is 4. The molecule has 0 unspecified atom stereocenters. The molecule has 116 valence electrons. The van der Waals surface area contributed by atoms with Crippen LogP contribution < -0.4 is 4.74 Å². The Kier molecular flexibility index (Phi) is 4.25. The highest BCUT2D eigenvalue weighted by atomic mass is 32.2. The summed E-state index contributed by atoms with van der Waals surface area (Å²) in [5, 5.41) is 9.18. The zero-order valence-corrected chi connectivity index (χ0v) is 12.9. The second-order valence-corrected chi connectivity index (χ2v) is 7.38. The van der Waals surface area contributed by atoms with Crippen molar-refractivity contribution in [3.8, 4) is 5.75 Å². The van der Waals surface area contributed by atoms with Gasteiger partial charge in [0.1, 0.15) is 5.75 Å². The fourth-order valence-corrected chi connectivity index (χ4v) is 3.77. The van der Waals surface area contributed by atoms with Crippen molar-refractivity contribution in [1.29, 1.82) is 0 Å². The minimum absolute atomic E-state index is 0.197. The number of benzene rings is 1. The summed E-state index contributed by atoms with van der Waals surface area (Å²) in [5.41, 5.74) is -0.841. The second kappa shape index (κ2) is 5.65. The molecule has 1 heterocycles. The summed E-state index contributed by atoms with van der Waals surface area (Å²) in [7, 11) is -2.06. The van der Waals surface area contributed by atoms with Crippen LogP contribution in [0.4, 0.5) is 0 Å². The number of nitrogens with zero attached hydrogens (tertiary/aromatic N) is 1. The number of methoxy groups -OCH3 is 1. The third-order valence-corrected chi connectivity index (χ3v) is 5.95. The van der Waals surface area contributed by atoms with Crippen LogP contribution in [0.1, 0.15) is 19.8 Å². The topological polar surface area (TPSA) is 83.9 Å². The Balaban J connectivity index is 2.16. The molecule has 2 rings (SSSR count). The van der Waals surface area contributed by atoms with Gasteiger partial charge in [-0.2, -0.15) is 4.31 Å². The van der Waals surface area contributed by atoms with E-state index < -0.39 is 21.4 Å². The van der Waals surface area contributed by atoms with Gasteiger partial charge in [0.05, 0.1) is 17.4 Å². The SMILES string of the molecule is COc1ccc(S(=O)(=O)N2CCC(C)(C(=O)O)CC2)cc1. The van der Waals surface area contributed by atoms with Crippen molar-refractivity contribution in [3.63, 3.8) is 0 Å². The van der Waals surface area contributed by atoms with Crippen LogP contribution in [0.25, 0.3) is 0 Å². The summed E-state index contributed by atoms with van der Waals surface area (Å²) in [5.74, 6) is -0.282. The number of piperidine rings is 1. The summed E-state index contributed by atoms with van der Waals surface area (Å²) >= 11 is 0. The maximum Gasteiger partial charge on any atom is 0.309 e. The van der Waals surface area contributed by atoms with Gasteiger partial charge in [0, 0.05) is 13.1 Å². The fourth-order valence-electron chi connectivity index (χ4n) is 2.33. The molecular weight excluding hydrogens is 294 g/mol. The number of rotatable bonds is 4. The predicted molar refractivity (Wildman–Crippen MR) is 76.7 cm³/mol. The average molecular weight is 313 g/mol. The van der Waals surface area contributed by atoms with Crippen LogP contribution in [0.5, 0.6) is 5.75 Å². The summed E-state index contributed by atoms with van der Waals surface area (Å²) in [6, 6.07) is 6.19. The number of aliphatic carboxylic acids is 1. The summed E-state index contributed by atoms with van der Waals surface area (Å²) < 4.78 is 31.4. The van der Waals surface area contributed by atoms with Crippen molar-refractivity contribution >= 4 is 16.0 Å². The van der Waals surface area contributed by atoms with Crippen LogP contribution in [-0.4, -0.2) is 44.0 Å². The van der Waals surface area contributed by atoms with Crippen LogP contribution in [0.15, 0.2) is 29.2 Å². The molecule has 0 aromatic heterocycles. The summed E-state index contributed by atoms with van der Waals surface area (Å²) in [6.07, 6.45) is 0.634. The van der Waals surface area contributed by atoms with Gasteiger partial charge in [-0.25, -0.2) is 8.42 Å². The molecule has 0 bridgehead atoms. The van der Waals surface area contributed by atoms with Crippen LogP contribution in [-0.2, 0) is 14.8 Å². The number of sulfonamides is 1. The lowest BCUT2D eigenvalue weighted by atomic mass is 9.81. The van der Waals surface area contributed by atoms with Gasteiger partial charge in [-0.15, -0.1) is 0 Å². The smallest absolute Gasteiger partial charge is 0.309 e. The lowest BCUT2D eigenvalue weighted by Gasteiger charge is -2.35. The van der Waals surface area contributed by atoms with Gasteiger partial charge in [-0.05, 0) is 44.0 Å². The van der Waals surface area contributed by atoms with Crippen molar-refractivity contribution in [2.45, 2.75) is 24.7 Å². The number of ether oxygens (including phenoxy) is 1. The zero-order valence-electron chi connectivity index (χ0n) is 12.1. The first-order valence-corrected chi connectivity index (χ1v) is 8.11. The van der Waals surface area contributed by atoms with Gasteiger partial charge in [-0.3, -0.25) is 4.79 Å². The van der Waals surface area contributed by atoms with Crippen molar-refractivity contribution < 1.29 is 23.1 Å². The van der Waals surface area contributed by atoms with Gasteiger partial charge in [0.15, 0.2) is 0 Å². The van der Waals surface area contributed by atoms with Crippen LogP contribution in [0.3, 0.4) is 0 Å². The molecule has 0 atom stereocenters. The fraction of sp³-hybridized carbons (Fsp3) is 0.500. The van der Waals surface area contributed by atoms with E-state index in [1.807, 2.05) is 0 Å². The molecular formula is C14H19NO5S. The molecule has 1 fully saturated rings. The van der Waals surface area contributed by atoms with Gasteiger partial charge in [-0.1, -0.05) is 0 Å². The standard InChI is InChI=1S/C14H19NO5S/c1-14(13(16)17)7-9-15(10-8-14)21(18,19)12-5-3-11(20-2)4-6-12/h3-6H,7-10H2,1-2H3,(H,16,17). The third-order valence-electron chi connectivity index (χ3n) is 4.04. The van der Waals surface area contributed by atoms with E-state index in [0.717, 1.165) is 0 Å². The number of carbonyl (C=O) groups is 1. The number of carboxylic acid groups (broad SMARTS) is 1. The Morgan fingerprint density at radius 2 is 1.76 bits per heavy atom. The number of hydrogen-bond donors (Lipinski definition) is 1. The molecule has 0 aliphatic carbocycles. The van der Waals surface area contributed by atoms with Crippen LogP contribution >= 0.6 is 0 Å². The highest BCUT2D eigenvalue weighted by Crippen LogP contribution is 2.33. The minimum Gasteiger partial charge on any atom is -0.497 e. The van der Waals surface area contributed by atoms with E-state index in [0.29, 0.717) is 18.6 Å². The molecule has 1 aliphatic rings. The van der Waals surface area contributed by atoms with E-state index in [9.17, 15) is 18.3 Å². The molecule has 6 nitrogen and oxygen atoms in total.